The molecule has 4 nitrogen and oxygen atoms in total. The van der Waals surface area contributed by atoms with Gasteiger partial charge in [-0.05, 0) is 44.9 Å². The van der Waals surface area contributed by atoms with Gasteiger partial charge in [-0.1, -0.05) is 11.6 Å². The minimum absolute atomic E-state index is 0.0942. The minimum Gasteiger partial charge on any atom is -0.395 e. The van der Waals surface area contributed by atoms with E-state index in [2.05, 4.69) is 16.3 Å². The van der Waals surface area contributed by atoms with Crippen LogP contribution in [-0.2, 0) is 4.79 Å². The Morgan fingerprint density at radius 1 is 1.42 bits per heavy atom. The lowest BCUT2D eigenvalue weighted by atomic mass is 9.97. The Hall–Kier alpha value is -0.870. The van der Waals surface area contributed by atoms with Crippen LogP contribution in [0.15, 0.2) is 11.6 Å². The highest BCUT2D eigenvalue weighted by molar-refractivity contribution is 5.78. The molecule has 0 aromatic rings. The molecule has 1 fully saturated rings. The Balaban J connectivity index is 1.61. The van der Waals surface area contributed by atoms with Crippen LogP contribution >= 0.6 is 0 Å². The van der Waals surface area contributed by atoms with Crippen molar-refractivity contribution < 1.29 is 9.90 Å². The van der Waals surface area contributed by atoms with Crippen molar-refractivity contribution in [1.82, 2.24) is 10.2 Å². The third-order valence-electron chi connectivity index (χ3n) is 3.95. The van der Waals surface area contributed by atoms with Crippen LogP contribution in [0.4, 0.5) is 0 Å². The summed E-state index contributed by atoms with van der Waals surface area (Å²) in [5, 5.41) is 12.0. The number of allylic oxidation sites excluding steroid dienone is 1. The van der Waals surface area contributed by atoms with Crippen LogP contribution in [-0.4, -0.2) is 48.2 Å². The minimum atomic E-state index is 0.0942. The number of hydrogen-bond donors (Lipinski definition) is 2. The number of hydrogen-bond acceptors (Lipinski definition) is 3. The second-order valence-electron chi connectivity index (χ2n) is 5.63. The molecule has 0 atom stereocenters. The first-order valence-corrected chi connectivity index (χ1v) is 7.59. The van der Waals surface area contributed by atoms with Gasteiger partial charge in [0, 0.05) is 19.1 Å². The first-order valence-electron chi connectivity index (χ1n) is 7.59. The zero-order valence-electron chi connectivity index (χ0n) is 11.7. The lowest BCUT2D eigenvalue weighted by molar-refractivity contribution is -0.122. The van der Waals surface area contributed by atoms with Gasteiger partial charge in [-0.25, -0.2) is 0 Å². The van der Waals surface area contributed by atoms with Crippen LogP contribution in [0.3, 0.4) is 0 Å². The van der Waals surface area contributed by atoms with Crippen LogP contribution < -0.4 is 5.32 Å². The molecule has 0 aliphatic heterocycles. The number of aliphatic hydroxyl groups is 1. The summed E-state index contributed by atoms with van der Waals surface area (Å²) >= 11 is 0. The average molecular weight is 266 g/mol. The van der Waals surface area contributed by atoms with Crippen molar-refractivity contribution in [2.45, 2.75) is 51.0 Å². The Morgan fingerprint density at radius 2 is 2.26 bits per heavy atom. The van der Waals surface area contributed by atoms with E-state index in [1.54, 1.807) is 0 Å². The third kappa shape index (κ3) is 5.33. The highest BCUT2D eigenvalue weighted by Gasteiger charge is 2.29. The van der Waals surface area contributed by atoms with Crippen molar-refractivity contribution in [1.29, 1.82) is 0 Å². The summed E-state index contributed by atoms with van der Waals surface area (Å²) in [5.74, 6) is 0.0942. The van der Waals surface area contributed by atoms with Crippen molar-refractivity contribution in [2.75, 3.05) is 26.2 Å². The molecule has 0 aromatic carbocycles. The molecule has 1 amide bonds. The van der Waals surface area contributed by atoms with E-state index in [-0.39, 0.29) is 12.5 Å². The fourth-order valence-electron chi connectivity index (χ4n) is 2.69. The monoisotopic (exact) mass is 266 g/mol. The molecule has 2 N–H and O–H groups in total. The fraction of sp³-hybridized carbons (Fsp3) is 0.800. The number of nitrogens with zero attached hydrogens (tertiary/aromatic N) is 1. The smallest absolute Gasteiger partial charge is 0.234 e. The molecule has 0 bridgehead atoms. The summed E-state index contributed by atoms with van der Waals surface area (Å²) in [6.45, 7) is 1.94. The van der Waals surface area contributed by atoms with E-state index in [1.807, 2.05) is 0 Å². The molecule has 2 rings (SSSR count). The Morgan fingerprint density at radius 3 is 2.89 bits per heavy atom. The summed E-state index contributed by atoms with van der Waals surface area (Å²) in [6, 6.07) is 0.527. The molecular formula is C15H26N2O2. The summed E-state index contributed by atoms with van der Waals surface area (Å²) in [5.41, 5.74) is 1.50. The van der Waals surface area contributed by atoms with Crippen molar-refractivity contribution in [2.24, 2.45) is 0 Å². The largest absolute Gasteiger partial charge is 0.395 e. The SMILES string of the molecule is O=C(CN(CCO)C1CC1)NCCC1=CCCCC1. The average Bonchev–Trinajstić information content (AvgIpc) is 3.24. The molecule has 0 saturated heterocycles. The van der Waals surface area contributed by atoms with E-state index in [4.69, 9.17) is 5.11 Å². The molecule has 4 heteroatoms. The highest BCUT2D eigenvalue weighted by Crippen LogP contribution is 2.26. The topological polar surface area (TPSA) is 52.6 Å². The van der Waals surface area contributed by atoms with Crippen molar-refractivity contribution in [3.05, 3.63) is 11.6 Å². The third-order valence-corrected chi connectivity index (χ3v) is 3.95. The van der Waals surface area contributed by atoms with E-state index >= 15 is 0 Å². The lowest BCUT2D eigenvalue weighted by Crippen LogP contribution is -2.40. The van der Waals surface area contributed by atoms with Crippen molar-refractivity contribution in [3.8, 4) is 0 Å². The number of aliphatic hydroxyl groups excluding tert-OH is 1. The molecule has 108 valence electrons. The maximum absolute atomic E-state index is 11.8. The van der Waals surface area contributed by atoms with Crippen LogP contribution in [0.25, 0.3) is 0 Å². The van der Waals surface area contributed by atoms with Gasteiger partial charge in [0.25, 0.3) is 0 Å². The summed E-state index contributed by atoms with van der Waals surface area (Å²) in [6.07, 6.45) is 10.7. The maximum atomic E-state index is 11.8. The fourth-order valence-corrected chi connectivity index (χ4v) is 2.69. The second-order valence-corrected chi connectivity index (χ2v) is 5.63. The van der Waals surface area contributed by atoms with Crippen LogP contribution in [0.1, 0.15) is 44.9 Å². The van der Waals surface area contributed by atoms with Crippen LogP contribution in [0.2, 0.25) is 0 Å². The predicted molar refractivity (Wildman–Crippen MR) is 75.9 cm³/mol. The number of carbonyl (C=O) groups is 1. The number of rotatable bonds is 8. The van der Waals surface area contributed by atoms with E-state index < -0.39 is 0 Å². The first kappa shape index (κ1) is 14.5. The number of nitrogens with one attached hydrogen (secondary N) is 1. The van der Waals surface area contributed by atoms with Gasteiger partial charge in [0.15, 0.2) is 0 Å². The molecule has 0 aromatic heterocycles. The van der Waals surface area contributed by atoms with Crippen molar-refractivity contribution in [3.63, 3.8) is 0 Å². The first-order chi connectivity index (χ1) is 9.29. The van der Waals surface area contributed by atoms with E-state index in [0.29, 0.717) is 19.1 Å². The van der Waals surface area contributed by atoms with Gasteiger partial charge in [-0.15, -0.1) is 0 Å². The van der Waals surface area contributed by atoms with Crippen LogP contribution in [0.5, 0.6) is 0 Å². The van der Waals surface area contributed by atoms with Gasteiger partial charge in [0.2, 0.25) is 5.91 Å². The lowest BCUT2D eigenvalue weighted by Gasteiger charge is -2.20. The quantitative estimate of drug-likeness (QED) is 0.654. The maximum Gasteiger partial charge on any atom is 0.234 e. The van der Waals surface area contributed by atoms with Gasteiger partial charge in [-0.2, -0.15) is 0 Å². The summed E-state index contributed by atoms with van der Waals surface area (Å²) in [4.78, 5) is 13.9. The molecule has 0 unspecified atom stereocenters. The van der Waals surface area contributed by atoms with E-state index in [9.17, 15) is 4.79 Å². The van der Waals surface area contributed by atoms with E-state index in [0.717, 1.165) is 13.0 Å². The molecule has 1 saturated carbocycles. The molecule has 2 aliphatic rings. The second kappa shape index (κ2) is 7.65. The molecule has 0 radical (unpaired) electrons. The summed E-state index contributed by atoms with van der Waals surface area (Å²) in [7, 11) is 0. The van der Waals surface area contributed by atoms with Gasteiger partial charge < -0.3 is 10.4 Å². The van der Waals surface area contributed by atoms with E-state index in [1.165, 1.54) is 44.1 Å². The van der Waals surface area contributed by atoms with Crippen LogP contribution in [0, 0.1) is 0 Å². The number of carbonyl (C=O) groups excluding carboxylic acids is 1. The highest BCUT2D eigenvalue weighted by atomic mass is 16.3. The molecule has 2 aliphatic carbocycles. The predicted octanol–water partition coefficient (Wildman–Crippen LogP) is 1.45. The standard InChI is InChI=1S/C15H26N2O2/c18-11-10-17(14-6-7-14)12-15(19)16-9-8-13-4-2-1-3-5-13/h4,14,18H,1-3,5-12H2,(H,16,19). The van der Waals surface area contributed by atoms with Gasteiger partial charge in [0.05, 0.1) is 13.2 Å². The number of amides is 1. The summed E-state index contributed by atoms with van der Waals surface area (Å²) < 4.78 is 0. The van der Waals surface area contributed by atoms with Gasteiger partial charge in [0.1, 0.15) is 0 Å². The Kier molecular flexibility index (Phi) is 5.86. The Labute approximate surface area is 115 Å². The van der Waals surface area contributed by atoms with Gasteiger partial charge in [-0.3, -0.25) is 9.69 Å². The molecule has 0 spiro atoms. The van der Waals surface area contributed by atoms with Crippen molar-refractivity contribution >= 4 is 5.91 Å². The zero-order valence-corrected chi connectivity index (χ0v) is 11.7. The van der Waals surface area contributed by atoms with Gasteiger partial charge >= 0.3 is 0 Å². The normalized spacial score (nSPS) is 19.4. The zero-order chi connectivity index (χ0) is 13.5. The molecule has 19 heavy (non-hydrogen) atoms. The molecular weight excluding hydrogens is 240 g/mol. The Bertz CT molecular complexity index is 324. The molecule has 0 heterocycles.